The lowest BCUT2D eigenvalue weighted by molar-refractivity contribution is -0.307. The van der Waals surface area contributed by atoms with E-state index < -0.39 is 72.9 Å². The molecular weight excluding hydrogens is 554 g/mol. The van der Waals surface area contributed by atoms with Gasteiger partial charge in [0.1, 0.15) is 47.8 Å². The van der Waals surface area contributed by atoms with Gasteiger partial charge >= 0.3 is 0 Å². The third-order valence-corrected chi connectivity index (χ3v) is 8.06. The number of nitrogens with two attached hydrogens (primary N) is 5. The Kier molecular flexibility index (Phi) is 12.8. The van der Waals surface area contributed by atoms with Crippen molar-refractivity contribution in [3.63, 3.8) is 0 Å². The van der Waals surface area contributed by atoms with Gasteiger partial charge in [0, 0.05) is 6.04 Å². The van der Waals surface area contributed by atoms with E-state index in [1.54, 1.807) is 7.05 Å². The summed E-state index contributed by atoms with van der Waals surface area (Å²) in [4.78, 5) is 4.21. The van der Waals surface area contributed by atoms with Crippen molar-refractivity contribution < 1.29 is 39.4 Å². The highest BCUT2D eigenvalue weighted by atomic mass is 16.7. The summed E-state index contributed by atoms with van der Waals surface area (Å²) in [6, 6.07) is -2.86. The minimum absolute atomic E-state index is 0.124. The Morgan fingerprint density at radius 3 is 2.45 bits per heavy atom. The highest BCUT2D eigenvalue weighted by molar-refractivity contribution is 5.83. The van der Waals surface area contributed by atoms with E-state index in [0.717, 1.165) is 0 Å². The molecule has 2 aliphatic heterocycles. The quantitative estimate of drug-likeness (QED) is 0.0730. The van der Waals surface area contributed by atoms with Crippen LogP contribution >= 0.6 is 0 Å². The molecule has 13 atom stereocenters. The van der Waals surface area contributed by atoms with Crippen LogP contribution in [0.2, 0.25) is 0 Å². The van der Waals surface area contributed by atoms with Gasteiger partial charge < -0.3 is 78.7 Å². The van der Waals surface area contributed by atoms with Crippen LogP contribution in [0.1, 0.15) is 32.6 Å². The lowest BCUT2D eigenvalue weighted by atomic mass is 9.83. The molecule has 7 unspecified atom stereocenters. The highest BCUT2D eigenvalue weighted by Crippen LogP contribution is 2.32. The Morgan fingerprint density at radius 2 is 1.81 bits per heavy atom. The zero-order valence-electron chi connectivity index (χ0n) is 24.3. The highest BCUT2D eigenvalue weighted by Gasteiger charge is 2.51. The number of nitrogens with one attached hydrogen (secondary N) is 3. The SMILES string of the molecule is CN[C@@H]1C(O)[C@@H](OC2C(O)C(O[C@H]3O[C@H](CN=C(N)CN)CCC3N)[C@@H](N)C[C@H]2NC(=N)C(O)CCN)OCC1(C)O. The maximum Gasteiger partial charge on any atom is 0.185 e. The number of ether oxygens (including phenoxy) is 4. The lowest BCUT2D eigenvalue weighted by Crippen LogP contribution is -2.69. The van der Waals surface area contributed by atoms with Crippen molar-refractivity contribution in [3.8, 4) is 0 Å². The second-order valence-corrected chi connectivity index (χ2v) is 11.5. The summed E-state index contributed by atoms with van der Waals surface area (Å²) in [6.07, 6.45) is -7.07. The van der Waals surface area contributed by atoms with Gasteiger partial charge in [-0.1, -0.05) is 0 Å². The fourth-order valence-electron chi connectivity index (χ4n) is 5.64. The minimum Gasteiger partial charge on any atom is -0.388 e. The van der Waals surface area contributed by atoms with Crippen LogP contribution in [0.5, 0.6) is 0 Å². The second kappa shape index (κ2) is 15.4. The Balaban J connectivity index is 1.80. The number of rotatable bonds is 12. The van der Waals surface area contributed by atoms with Crippen molar-refractivity contribution in [1.29, 1.82) is 5.41 Å². The molecule has 0 spiro atoms. The number of aliphatic hydroxyl groups is 4. The zero-order valence-corrected chi connectivity index (χ0v) is 24.3. The molecular formula is C25H51N9O8. The number of hydrogen-bond donors (Lipinski definition) is 12. The van der Waals surface area contributed by atoms with Gasteiger partial charge in [0.05, 0.1) is 43.9 Å². The van der Waals surface area contributed by atoms with Crippen molar-refractivity contribution in [3.05, 3.63) is 0 Å². The third kappa shape index (κ3) is 8.53. The normalized spacial score (nSPS) is 42.2. The average Bonchev–Trinajstić information content (AvgIpc) is 2.94. The molecule has 0 amide bonds. The first-order valence-electron chi connectivity index (χ1n) is 14.4. The van der Waals surface area contributed by atoms with E-state index in [1.165, 1.54) is 6.92 Å². The van der Waals surface area contributed by atoms with Crippen LogP contribution in [-0.4, -0.2) is 144 Å². The Hall–Kier alpha value is -1.58. The molecule has 1 aliphatic carbocycles. The monoisotopic (exact) mass is 605 g/mol. The predicted octanol–water partition coefficient (Wildman–Crippen LogP) is -5.30. The van der Waals surface area contributed by atoms with Crippen LogP contribution in [0.25, 0.3) is 0 Å². The largest absolute Gasteiger partial charge is 0.388 e. The Labute approximate surface area is 245 Å². The molecule has 0 bridgehead atoms. The standard InChI is InChI=1S/C25H51N9O8/c1-25(38)10-39-24(18(37)21(25)32-2)42-20-14(34-22(31)15(35)5-6-26)7-13(29)19(17(20)36)41-23-12(28)4-3-11(40-23)9-33-16(30)8-27/h11-15,17-21,23-24,32,35-38H,3-10,26-29H2,1-2H3,(H2,30,33)(H2,31,34)/t11-,12?,13-,14+,15?,17?,18?,19?,20?,21+,23+,24+,25?/m0/s1. The number of likely N-dealkylation sites (N-methyl/N-ethyl adjacent to an activating group) is 1. The van der Waals surface area contributed by atoms with Gasteiger partial charge in [-0.05, 0) is 46.2 Å². The molecule has 17 heteroatoms. The summed E-state index contributed by atoms with van der Waals surface area (Å²) in [5.74, 6) is 0.0715. The van der Waals surface area contributed by atoms with Crippen LogP contribution < -0.4 is 39.3 Å². The Bertz CT molecular complexity index is 902. The molecule has 17 nitrogen and oxygen atoms in total. The van der Waals surface area contributed by atoms with Crippen LogP contribution in [0, 0.1) is 5.41 Å². The minimum atomic E-state index is -1.40. The van der Waals surface area contributed by atoms with Crippen LogP contribution in [0.15, 0.2) is 4.99 Å². The predicted molar refractivity (Wildman–Crippen MR) is 153 cm³/mol. The fourth-order valence-corrected chi connectivity index (χ4v) is 5.64. The van der Waals surface area contributed by atoms with Crippen LogP contribution in [-0.2, 0) is 18.9 Å². The Morgan fingerprint density at radius 1 is 1.12 bits per heavy atom. The smallest absolute Gasteiger partial charge is 0.185 e. The van der Waals surface area contributed by atoms with Gasteiger partial charge in [0.25, 0.3) is 0 Å². The molecule has 3 fully saturated rings. The van der Waals surface area contributed by atoms with E-state index in [2.05, 4.69) is 15.6 Å². The number of aliphatic imine (C=N–C) groups is 1. The lowest BCUT2D eigenvalue weighted by Gasteiger charge is -2.49. The van der Waals surface area contributed by atoms with Crippen molar-refractivity contribution in [2.45, 2.75) is 112 Å². The number of hydrogen-bond acceptors (Lipinski definition) is 15. The third-order valence-electron chi connectivity index (χ3n) is 8.06. The van der Waals surface area contributed by atoms with E-state index in [-0.39, 0.29) is 51.0 Å². The summed E-state index contributed by atoms with van der Waals surface area (Å²) in [6.45, 7) is 1.92. The number of aliphatic hydroxyl groups excluding tert-OH is 3. The first kappa shape index (κ1) is 34.9. The van der Waals surface area contributed by atoms with E-state index in [0.29, 0.717) is 18.7 Å². The molecule has 2 heterocycles. The number of amidine groups is 2. The summed E-state index contributed by atoms with van der Waals surface area (Å²) < 4.78 is 24.0. The van der Waals surface area contributed by atoms with E-state index in [4.69, 9.17) is 53.0 Å². The molecule has 0 radical (unpaired) electrons. The van der Waals surface area contributed by atoms with E-state index in [9.17, 15) is 20.4 Å². The van der Waals surface area contributed by atoms with Crippen LogP contribution in [0.3, 0.4) is 0 Å². The summed E-state index contributed by atoms with van der Waals surface area (Å²) in [5.41, 5.74) is 28.1. The summed E-state index contributed by atoms with van der Waals surface area (Å²) in [5, 5.41) is 57.6. The van der Waals surface area contributed by atoms with E-state index >= 15 is 0 Å². The van der Waals surface area contributed by atoms with Gasteiger partial charge in [-0.3, -0.25) is 10.4 Å². The molecule has 0 aromatic rings. The van der Waals surface area contributed by atoms with Crippen molar-refractivity contribution in [2.24, 2.45) is 33.7 Å². The van der Waals surface area contributed by atoms with Gasteiger partial charge in [-0.25, -0.2) is 0 Å². The van der Waals surface area contributed by atoms with Gasteiger partial charge in [-0.2, -0.15) is 0 Å². The van der Waals surface area contributed by atoms with Gasteiger partial charge in [-0.15, -0.1) is 0 Å². The molecule has 0 aromatic carbocycles. The molecule has 3 rings (SSSR count). The molecule has 42 heavy (non-hydrogen) atoms. The maximum absolute atomic E-state index is 11.6. The molecule has 1 saturated carbocycles. The summed E-state index contributed by atoms with van der Waals surface area (Å²) >= 11 is 0. The van der Waals surface area contributed by atoms with Crippen molar-refractivity contribution >= 4 is 11.7 Å². The summed E-state index contributed by atoms with van der Waals surface area (Å²) in [7, 11) is 1.59. The molecule has 2 saturated heterocycles. The van der Waals surface area contributed by atoms with E-state index in [1.807, 2.05) is 0 Å². The second-order valence-electron chi connectivity index (χ2n) is 11.5. The number of nitrogens with zero attached hydrogens (tertiary/aromatic N) is 1. The zero-order chi connectivity index (χ0) is 31.2. The molecule has 0 aromatic heterocycles. The first-order chi connectivity index (χ1) is 19.8. The average molecular weight is 606 g/mol. The van der Waals surface area contributed by atoms with Crippen LogP contribution in [0.4, 0.5) is 0 Å². The molecule has 3 aliphatic rings. The molecule has 244 valence electrons. The maximum atomic E-state index is 11.6. The fraction of sp³-hybridized carbons (Fsp3) is 0.920. The van der Waals surface area contributed by atoms with Gasteiger partial charge in [0.2, 0.25) is 0 Å². The first-order valence-corrected chi connectivity index (χ1v) is 14.4. The van der Waals surface area contributed by atoms with Crippen molar-refractivity contribution in [2.75, 3.05) is 33.3 Å². The van der Waals surface area contributed by atoms with Crippen molar-refractivity contribution in [1.82, 2.24) is 10.6 Å². The topological polar surface area (TPSA) is 308 Å². The van der Waals surface area contributed by atoms with Gasteiger partial charge in [0.15, 0.2) is 12.6 Å². The molecule has 17 N–H and O–H groups in total.